The quantitative estimate of drug-likeness (QED) is 0.692. The number of pyridine rings is 2. The Morgan fingerprint density at radius 3 is 2.67 bits per heavy atom. The van der Waals surface area contributed by atoms with Gasteiger partial charge in [-0.25, -0.2) is 13.4 Å². The Balaban J connectivity index is 2.03. The topological polar surface area (TPSA) is 69.2 Å². The van der Waals surface area contributed by atoms with Crippen LogP contribution in [0.2, 0.25) is 0 Å². The summed E-state index contributed by atoms with van der Waals surface area (Å²) in [7, 11) is 1.43. The SMILES string of the molecule is O=S(=O)(Cl)c1cccnc1Oc1cnc2ccccc2c1. The summed E-state index contributed by atoms with van der Waals surface area (Å²) in [6.45, 7) is 0. The lowest BCUT2D eigenvalue weighted by Crippen LogP contribution is -1.98. The summed E-state index contributed by atoms with van der Waals surface area (Å²) in [5, 5.41) is 0.876. The molecule has 3 aromatic rings. The molecule has 2 aromatic heterocycles. The number of para-hydroxylation sites is 1. The van der Waals surface area contributed by atoms with Crippen LogP contribution in [0.15, 0.2) is 59.8 Å². The minimum Gasteiger partial charge on any atom is -0.436 e. The van der Waals surface area contributed by atoms with Gasteiger partial charge in [-0.05, 0) is 24.3 Å². The molecule has 1 aromatic carbocycles. The van der Waals surface area contributed by atoms with E-state index in [1.807, 2.05) is 24.3 Å². The van der Waals surface area contributed by atoms with E-state index in [4.69, 9.17) is 15.4 Å². The van der Waals surface area contributed by atoms with Crippen molar-refractivity contribution < 1.29 is 13.2 Å². The number of hydrogen-bond acceptors (Lipinski definition) is 5. The minimum atomic E-state index is -3.93. The molecule has 0 N–H and O–H groups in total. The summed E-state index contributed by atoms with van der Waals surface area (Å²) >= 11 is 0. The van der Waals surface area contributed by atoms with E-state index in [-0.39, 0.29) is 10.8 Å². The van der Waals surface area contributed by atoms with Gasteiger partial charge in [0.05, 0.1) is 11.7 Å². The molecule has 0 spiro atoms. The first kappa shape index (κ1) is 13.8. The third-order valence-corrected chi connectivity index (χ3v) is 4.11. The molecule has 5 nitrogen and oxygen atoms in total. The number of rotatable bonds is 3. The van der Waals surface area contributed by atoms with Crippen molar-refractivity contribution in [1.29, 1.82) is 0 Å². The van der Waals surface area contributed by atoms with Gasteiger partial charge in [0, 0.05) is 22.3 Å². The fourth-order valence-corrected chi connectivity index (χ4v) is 2.75. The standard InChI is InChI=1S/C14H9ClN2O3S/c15-21(18,19)13-6-3-7-16-14(13)20-11-8-10-4-1-2-5-12(10)17-9-11/h1-9H. The fourth-order valence-electron chi connectivity index (χ4n) is 1.86. The van der Waals surface area contributed by atoms with Gasteiger partial charge in [-0.2, -0.15) is 0 Å². The van der Waals surface area contributed by atoms with Crippen LogP contribution in [0, 0.1) is 0 Å². The van der Waals surface area contributed by atoms with Crippen molar-refractivity contribution in [3.8, 4) is 11.6 Å². The highest BCUT2D eigenvalue weighted by atomic mass is 35.7. The molecule has 3 rings (SSSR count). The molecule has 0 radical (unpaired) electrons. The first-order valence-electron chi connectivity index (χ1n) is 5.96. The molecule has 0 saturated carbocycles. The van der Waals surface area contributed by atoms with Crippen LogP contribution in [-0.2, 0) is 9.05 Å². The van der Waals surface area contributed by atoms with E-state index in [1.54, 1.807) is 6.07 Å². The van der Waals surface area contributed by atoms with Gasteiger partial charge in [-0.15, -0.1) is 0 Å². The van der Waals surface area contributed by atoms with Crippen molar-refractivity contribution in [2.75, 3.05) is 0 Å². The zero-order valence-electron chi connectivity index (χ0n) is 10.6. The summed E-state index contributed by atoms with van der Waals surface area (Å²) in [6.07, 6.45) is 2.93. The number of hydrogen-bond donors (Lipinski definition) is 0. The van der Waals surface area contributed by atoms with Crippen LogP contribution in [0.5, 0.6) is 11.6 Å². The number of fused-ring (bicyclic) bond motifs is 1. The van der Waals surface area contributed by atoms with Crippen molar-refractivity contribution in [2.24, 2.45) is 0 Å². The second-order valence-electron chi connectivity index (χ2n) is 4.21. The largest absolute Gasteiger partial charge is 0.436 e. The van der Waals surface area contributed by atoms with Gasteiger partial charge in [-0.3, -0.25) is 4.98 Å². The van der Waals surface area contributed by atoms with Crippen LogP contribution >= 0.6 is 10.7 Å². The van der Waals surface area contributed by atoms with E-state index in [0.29, 0.717) is 5.75 Å². The van der Waals surface area contributed by atoms with Crippen molar-refractivity contribution in [1.82, 2.24) is 9.97 Å². The van der Waals surface area contributed by atoms with E-state index in [9.17, 15) is 8.42 Å². The molecule has 0 fully saturated rings. The monoisotopic (exact) mass is 320 g/mol. The first-order chi connectivity index (χ1) is 10.0. The zero-order chi connectivity index (χ0) is 14.9. The highest BCUT2D eigenvalue weighted by Crippen LogP contribution is 2.29. The van der Waals surface area contributed by atoms with Crippen LogP contribution in [-0.4, -0.2) is 18.4 Å². The Morgan fingerprint density at radius 1 is 1.05 bits per heavy atom. The third kappa shape index (κ3) is 2.96. The number of ether oxygens (including phenoxy) is 1. The Bertz CT molecular complexity index is 913. The van der Waals surface area contributed by atoms with Crippen LogP contribution < -0.4 is 4.74 Å². The molecule has 21 heavy (non-hydrogen) atoms. The summed E-state index contributed by atoms with van der Waals surface area (Å²) in [4.78, 5) is 7.96. The highest BCUT2D eigenvalue weighted by molar-refractivity contribution is 8.13. The number of halogens is 1. The average molecular weight is 321 g/mol. The molecule has 0 atom stereocenters. The molecule has 0 amide bonds. The average Bonchev–Trinajstić information content (AvgIpc) is 2.46. The van der Waals surface area contributed by atoms with Crippen molar-refractivity contribution in [3.05, 3.63) is 54.9 Å². The molecule has 0 bridgehead atoms. The number of aromatic nitrogens is 2. The minimum absolute atomic E-state index is 0.0791. The first-order valence-corrected chi connectivity index (χ1v) is 8.27. The molecule has 0 aliphatic heterocycles. The van der Waals surface area contributed by atoms with Crippen LogP contribution in [0.25, 0.3) is 10.9 Å². The van der Waals surface area contributed by atoms with E-state index < -0.39 is 9.05 Å². The van der Waals surface area contributed by atoms with Crippen molar-refractivity contribution >= 4 is 30.6 Å². The smallest absolute Gasteiger partial charge is 0.266 e. The van der Waals surface area contributed by atoms with Gasteiger partial charge in [0.25, 0.3) is 9.05 Å². The second-order valence-corrected chi connectivity index (χ2v) is 6.74. The van der Waals surface area contributed by atoms with Crippen molar-refractivity contribution in [2.45, 2.75) is 4.90 Å². The molecule has 0 aliphatic carbocycles. The molecular weight excluding hydrogens is 312 g/mol. The van der Waals surface area contributed by atoms with Crippen molar-refractivity contribution in [3.63, 3.8) is 0 Å². The van der Waals surface area contributed by atoms with Gasteiger partial charge in [0.2, 0.25) is 5.88 Å². The van der Waals surface area contributed by atoms with Gasteiger partial charge < -0.3 is 4.74 Å². The van der Waals surface area contributed by atoms with Gasteiger partial charge in [0.1, 0.15) is 10.6 Å². The fraction of sp³-hybridized carbons (Fsp3) is 0. The molecule has 0 aliphatic rings. The zero-order valence-corrected chi connectivity index (χ0v) is 12.2. The Kier molecular flexibility index (Phi) is 3.48. The van der Waals surface area contributed by atoms with E-state index >= 15 is 0 Å². The van der Waals surface area contributed by atoms with Gasteiger partial charge in [-0.1, -0.05) is 18.2 Å². The lowest BCUT2D eigenvalue weighted by atomic mass is 10.2. The normalized spacial score (nSPS) is 11.5. The Morgan fingerprint density at radius 2 is 1.86 bits per heavy atom. The van der Waals surface area contributed by atoms with Crippen LogP contribution in [0.1, 0.15) is 0 Å². The molecular formula is C14H9ClN2O3S. The van der Waals surface area contributed by atoms with Crippen LogP contribution in [0.3, 0.4) is 0 Å². The lowest BCUT2D eigenvalue weighted by molar-refractivity contribution is 0.447. The maximum Gasteiger partial charge on any atom is 0.266 e. The van der Waals surface area contributed by atoms with E-state index in [0.717, 1.165) is 10.9 Å². The number of nitrogens with zero attached hydrogens (tertiary/aromatic N) is 2. The summed E-state index contributed by atoms with van der Waals surface area (Å²) < 4.78 is 28.5. The maximum absolute atomic E-state index is 11.5. The maximum atomic E-state index is 11.5. The summed E-state index contributed by atoms with van der Waals surface area (Å²) in [5.74, 6) is 0.304. The van der Waals surface area contributed by atoms with E-state index in [1.165, 1.54) is 24.5 Å². The van der Waals surface area contributed by atoms with Crippen LogP contribution in [0.4, 0.5) is 0 Å². The Hall–Kier alpha value is -2.18. The molecule has 0 unspecified atom stereocenters. The molecule has 7 heteroatoms. The highest BCUT2D eigenvalue weighted by Gasteiger charge is 2.18. The predicted molar refractivity (Wildman–Crippen MR) is 79.1 cm³/mol. The van der Waals surface area contributed by atoms with Gasteiger partial charge in [0.15, 0.2) is 0 Å². The lowest BCUT2D eigenvalue weighted by Gasteiger charge is -2.08. The third-order valence-electron chi connectivity index (χ3n) is 2.78. The summed E-state index contributed by atoms with van der Waals surface area (Å²) in [6, 6.07) is 12.1. The van der Waals surface area contributed by atoms with Gasteiger partial charge >= 0.3 is 0 Å². The predicted octanol–water partition coefficient (Wildman–Crippen LogP) is 3.35. The van der Waals surface area contributed by atoms with E-state index in [2.05, 4.69) is 9.97 Å². The molecule has 0 saturated heterocycles. The Labute approximate surface area is 125 Å². The summed E-state index contributed by atoms with van der Waals surface area (Å²) in [5.41, 5.74) is 0.816. The number of benzene rings is 1. The molecule has 106 valence electrons. The second kappa shape index (κ2) is 5.31. The molecule has 2 heterocycles.